The molecule has 1 aromatic heterocycles. The smallest absolute Gasteiger partial charge is 0.246 e. The Balaban J connectivity index is 2.96. The molecule has 0 aromatic carbocycles. The van der Waals surface area contributed by atoms with Crippen LogP contribution in [0.15, 0.2) is 17.3 Å². The maximum atomic E-state index is 12.2. The number of aromatic nitrogens is 2. The van der Waals surface area contributed by atoms with Crippen molar-refractivity contribution in [3.8, 4) is 6.07 Å². The molecule has 0 atom stereocenters. The highest BCUT2D eigenvalue weighted by Gasteiger charge is 2.24. The summed E-state index contributed by atoms with van der Waals surface area (Å²) in [6.45, 7) is 4.82. The Hall–Kier alpha value is -1.39. The third kappa shape index (κ3) is 3.05. The molecule has 0 aliphatic carbocycles. The van der Waals surface area contributed by atoms with E-state index in [9.17, 15) is 8.42 Å². The average molecular weight is 256 g/mol. The Kier molecular flexibility index (Phi) is 4.66. The molecule has 0 fully saturated rings. The topological polar surface area (TPSA) is 79.0 Å². The van der Waals surface area contributed by atoms with Gasteiger partial charge in [-0.3, -0.25) is 4.68 Å². The fourth-order valence-electron chi connectivity index (χ4n) is 1.42. The van der Waals surface area contributed by atoms with Gasteiger partial charge in [0.2, 0.25) is 10.0 Å². The SMILES string of the molecule is CCN(CCC#N)S(=O)(=O)c1cnn(CC)c1. The predicted octanol–water partition coefficient (Wildman–Crippen LogP) is 0.827. The lowest BCUT2D eigenvalue weighted by Gasteiger charge is -2.17. The molecule has 1 rings (SSSR count). The van der Waals surface area contributed by atoms with Gasteiger partial charge in [-0.25, -0.2) is 8.42 Å². The van der Waals surface area contributed by atoms with E-state index in [2.05, 4.69) is 5.10 Å². The molecule has 0 radical (unpaired) electrons. The van der Waals surface area contributed by atoms with E-state index in [0.717, 1.165) is 0 Å². The molecule has 94 valence electrons. The van der Waals surface area contributed by atoms with Crippen LogP contribution in [0.1, 0.15) is 20.3 Å². The number of nitrogens with zero attached hydrogens (tertiary/aromatic N) is 4. The van der Waals surface area contributed by atoms with Gasteiger partial charge in [0.25, 0.3) is 0 Å². The van der Waals surface area contributed by atoms with E-state index in [1.807, 2.05) is 13.0 Å². The average Bonchev–Trinajstić information content (AvgIpc) is 2.79. The van der Waals surface area contributed by atoms with Crippen molar-refractivity contribution in [2.24, 2.45) is 0 Å². The summed E-state index contributed by atoms with van der Waals surface area (Å²) in [5.74, 6) is 0. The van der Waals surface area contributed by atoms with Gasteiger partial charge in [0, 0.05) is 32.3 Å². The zero-order valence-corrected chi connectivity index (χ0v) is 10.8. The Morgan fingerprint density at radius 3 is 2.71 bits per heavy atom. The van der Waals surface area contributed by atoms with Crippen molar-refractivity contribution in [2.75, 3.05) is 13.1 Å². The number of aryl methyl sites for hydroxylation is 1. The third-order valence-electron chi connectivity index (χ3n) is 2.40. The van der Waals surface area contributed by atoms with Gasteiger partial charge in [-0.2, -0.15) is 14.7 Å². The molecule has 0 spiro atoms. The van der Waals surface area contributed by atoms with Gasteiger partial charge in [-0.1, -0.05) is 6.92 Å². The summed E-state index contributed by atoms with van der Waals surface area (Å²) in [6, 6.07) is 1.95. The fraction of sp³-hybridized carbons (Fsp3) is 0.600. The molecule has 0 aliphatic rings. The number of rotatable bonds is 6. The highest BCUT2D eigenvalue weighted by atomic mass is 32.2. The van der Waals surface area contributed by atoms with E-state index in [1.165, 1.54) is 16.7 Å². The summed E-state index contributed by atoms with van der Waals surface area (Å²) in [7, 11) is -3.51. The molecule has 0 unspecified atom stereocenters. The van der Waals surface area contributed by atoms with Gasteiger partial charge in [0.15, 0.2) is 0 Å². The standard InChI is InChI=1S/C10H16N4O2S/c1-3-13-9-10(8-12-13)17(15,16)14(4-2)7-5-6-11/h8-9H,3-5,7H2,1-2H3. The number of hydrogen-bond acceptors (Lipinski definition) is 4. The van der Waals surface area contributed by atoms with Crippen LogP contribution in [0.25, 0.3) is 0 Å². The summed E-state index contributed by atoms with van der Waals surface area (Å²) in [6.07, 6.45) is 3.03. The van der Waals surface area contributed by atoms with E-state index in [0.29, 0.717) is 13.1 Å². The molecule has 7 heteroatoms. The van der Waals surface area contributed by atoms with E-state index < -0.39 is 10.0 Å². The lowest BCUT2D eigenvalue weighted by Crippen LogP contribution is -2.31. The predicted molar refractivity (Wildman–Crippen MR) is 62.6 cm³/mol. The molecule has 0 amide bonds. The van der Waals surface area contributed by atoms with Crippen LogP contribution in [0.2, 0.25) is 0 Å². The normalized spacial score (nSPS) is 11.6. The second-order valence-corrected chi connectivity index (χ2v) is 5.37. The first-order valence-corrected chi connectivity index (χ1v) is 6.89. The van der Waals surface area contributed by atoms with Crippen molar-refractivity contribution in [1.82, 2.24) is 14.1 Å². The maximum absolute atomic E-state index is 12.2. The van der Waals surface area contributed by atoms with Gasteiger partial charge in [-0.05, 0) is 6.92 Å². The summed E-state index contributed by atoms with van der Waals surface area (Å²) in [5.41, 5.74) is 0. The Bertz CT molecular complexity index is 501. The van der Waals surface area contributed by atoms with Crippen molar-refractivity contribution in [3.05, 3.63) is 12.4 Å². The summed E-state index contributed by atoms with van der Waals surface area (Å²) in [5, 5.41) is 12.4. The molecule has 17 heavy (non-hydrogen) atoms. The van der Waals surface area contributed by atoms with Crippen molar-refractivity contribution in [1.29, 1.82) is 5.26 Å². The van der Waals surface area contributed by atoms with Crippen LogP contribution in [0.3, 0.4) is 0 Å². The molecule has 1 heterocycles. The minimum Gasteiger partial charge on any atom is -0.272 e. The van der Waals surface area contributed by atoms with E-state index in [-0.39, 0.29) is 17.9 Å². The number of nitriles is 1. The molecule has 0 saturated carbocycles. The highest BCUT2D eigenvalue weighted by molar-refractivity contribution is 7.89. The zero-order chi connectivity index (χ0) is 12.9. The largest absolute Gasteiger partial charge is 0.272 e. The summed E-state index contributed by atoms with van der Waals surface area (Å²) < 4.78 is 27.2. The van der Waals surface area contributed by atoms with E-state index in [1.54, 1.807) is 11.6 Å². The van der Waals surface area contributed by atoms with Crippen molar-refractivity contribution < 1.29 is 8.42 Å². The van der Waals surface area contributed by atoms with Crippen molar-refractivity contribution in [2.45, 2.75) is 31.7 Å². The van der Waals surface area contributed by atoms with Crippen LogP contribution < -0.4 is 0 Å². The number of sulfonamides is 1. The molecule has 0 N–H and O–H groups in total. The maximum Gasteiger partial charge on any atom is 0.246 e. The van der Waals surface area contributed by atoms with Crippen LogP contribution in [-0.4, -0.2) is 35.6 Å². The van der Waals surface area contributed by atoms with Crippen LogP contribution in [0, 0.1) is 11.3 Å². The third-order valence-corrected chi connectivity index (χ3v) is 4.32. The molecule has 1 aromatic rings. The molecule has 0 aliphatic heterocycles. The molecule has 6 nitrogen and oxygen atoms in total. The Labute approximate surface area is 102 Å². The zero-order valence-electron chi connectivity index (χ0n) is 10.00. The first-order chi connectivity index (χ1) is 8.06. The lowest BCUT2D eigenvalue weighted by atomic mass is 10.5. The van der Waals surface area contributed by atoms with Gasteiger partial charge in [0.05, 0.1) is 12.3 Å². The summed E-state index contributed by atoms with van der Waals surface area (Å²) >= 11 is 0. The second kappa shape index (κ2) is 5.80. The van der Waals surface area contributed by atoms with Crippen molar-refractivity contribution in [3.63, 3.8) is 0 Å². The quantitative estimate of drug-likeness (QED) is 0.755. The van der Waals surface area contributed by atoms with Crippen LogP contribution in [0.5, 0.6) is 0 Å². The van der Waals surface area contributed by atoms with Gasteiger partial charge in [-0.15, -0.1) is 0 Å². The first-order valence-electron chi connectivity index (χ1n) is 5.45. The molecular formula is C10H16N4O2S. The first kappa shape index (κ1) is 13.7. The second-order valence-electron chi connectivity index (χ2n) is 3.44. The van der Waals surface area contributed by atoms with E-state index >= 15 is 0 Å². The van der Waals surface area contributed by atoms with E-state index in [4.69, 9.17) is 5.26 Å². The van der Waals surface area contributed by atoms with Crippen LogP contribution in [0.4, 0.5) is 0 Å². The van der Waals surface area contributed by atoms with Gasteiger partial charge in [0.1, 0.15) is 4.90 Å². The fourth-order valence-corrected chi connectivity index (χ4v) is 2.83. The van der Waals surface area contributed by atoms with Gasteiger partial charge >= 0.3 is 0 Å². The Morgan fingerprint density at radius 1 is 1.53 bits per heavy atom. The molecule has 0 bridgehead atoms. The van der Waals surface area contributed by atoms with Crippen LogP contribution in [-0.2, 0) is 16.6 Å². The molecule has 0 saturated heterocycles. The minimum absolute atomic E-state index is 0.180. The van der Waals surface area contributed by atoms with Crippen LogP contribution >= 0.6 is 0 Å². The monoisotopic (exact) mass is 256 g/mol. The Morgan fingerprint density at radius 2 is 2.24 bits per heavy atom. The highest BCUT2D eigenvalue weighted by Crippen LogP contribution is 2.14. The minimum atomic E-state index is -3.51. The van der Waals surface area contributed by atoms with Gasteiger partial charge < -0.3 is 0 Å². The lowest BCUT2D eigenvalue weighted by molar-refractivity contribution is 0.435. The number of hydrogen-bond donors (Lipinski definition) is 0. The molecular weight excluding hydrogens is 240 g/mol. The van der Waals surface area contributed by atoms with Crippen molar-refractivity contribution >= 4 is 10.0 Å². The summed E-state index contributed by atoms with van der Waals surface area (Å²) in [4.78, 5) is 0.180.